The monoisotopic (exact) mass is 241 g/mol. The Morgan fingerprint density at radius 2 is 1.82 bits per heavy atom. The molecule has 1 amide bonds. The first kappa shape index (κ1) is 13.7. The fourth-order valence-corrected chi connectivity index (χ4v) is 1.76. The number of morpholine rings is 1. The summed E-state index contributed by atoms with van der Waals surface area (Å²) in [5.41, 5.74) is -0.0141. The lowest BCUT2D eigenvalue weighted by atomic mass is 10.00. The van der Waals surface area contributed by atoms with Gasteiger partial charge in [0.05, 0.1) is 18.8 Å². The third-order valence-electron chi connectivity index (χ3n) is 3.09. The minimum Gasteiger partial charge on any atom is -0.478 e. The summed E-state index contributed by atoms with van der Waals surface area (Å²) in [4.78, 5) is 24.7. The summed E-state index contributed by atoms with van der Waals surface area (Å²) in [6, 6.07) is 0. The van der Waals surface area contributed by atoms with Crippen LogP contribution in [-0.4, -0.2) is 47.2 Å². The highest BCUT2D eigenvalue weighted by molar-refractivity contribution is 6.01. The van der Waals surface area contributed by atoms with Crippen molar-refractivity contribution in [2.24, 2.45) is 0 Å². The summed E-state index contributed by atoms with van der Waals surface area (Å²) in [5, 5.41) is 8.88. The van der Waals surface area contributed by atoms with Crippen molar-refractivity contribution < 1.29 is 19.4 Å². The number of amides is 1. The molecule has 0 aromatic heterocycles. The molecule has 5 nitrogen and oxygen atoms in total. The van der Waals surface area contributed by atoms with E-state index in [4.69, 9.17) is 9.84 Å². The molecule has 1 N–H and O–H groups in total. The highest BCUT2D eigenvalue weighted by Crippen LogP contribution is 2.22. The van der Waals surface area contributed by atoms with Crippen LogP contribution in [0.2, 0.25) is 0 Å². The van der Waals surface area contributed by atoms with Gasteiger partial charge in [0.1, 0.15) is 0 Å². The van der Waals surface area contributed by atoms with Crippen LogP contribution >= 0.6 is 0 Å². The second-order valence-electron chi connectivity index (χ2n) is 4.88. The fraction of sp³-hybridized carbons (Fsp3) is 0.667. The SMILES string of the molecule is CC(C(=O)O)=C(C)C(=O)N1CCOCC1(C)C. The van der Waals surface area contributed by atoms with Crippen molar-refractivity contribution in [2.45, 2.75) is 33.2 Å². The molecular formula is C12H19NO4. The van der Waals surface area contributed by atoms with Crippen LogP contribution in [0, 0.1) is 0 Å². The van der Waals surface area contributed by atoms with Crippen LogP contribution in [-0.2, 0) is 14.3 Å². The van der Waals surface area contributed by atoms with Gasteiger partial charge in [-0.15, -0.1) is 0 Å². The molecule has 0 aromatic carbocycles. The molecule has 0 unspecified atom stereocenters. The van der Waals surface area contributed by atoms with Gasteiger partial charge < -0.3 is 14.7 Å². The molecule has 17 heavy (non-hydrogen) atoms. The van der Waals surface area contributed by atoms with Gasteiger partial charge in [-0.05, 0) is 27.7 Å². The van der Waals surface area contributed by atoms with E-state index in [9.17, 15) is 9.59 Å². The lowest BCUT2D eigenvalue weighted by Crippen LogP contribution is -2.55. The van der Waals surface area contributed by atoms with Gasteiger partial charge in [-0.2, -0.15) is 0 Å². The summed E-state index contributed by atoms with van der Waals surface area (Å²) in [6.45, 7) is 8.28. The molecule has 0 saturated carbocycles. The van der Waals surface area contributed by atoms with Crippen LogP contribution in [0.25, 0.3) is 0 Å². The molecule has 1 rings (SSSR count). The van der Waals surface area contributed by atoms with E-state index in [-0.39, 0.29) is 17.1 Å². The molecular weight excluding hydrogens is 222 g/mol. The molecule has 0 bridgehead atoms. The number of carbonyl (C=O) groups is 2. The Balaban J connectivity index is 2.97. The van der Waals surface area contributed by atoms with E-state index in [1.54, 1.807) is 11.8 Å². The molecule has 1 aliphatic heterocycles. The Labute approximate surface area is 101 Å². The van der Waals surface area contributed by atoms with Gasteiger partial charge in [0.15, 0.2) is 0 Å². The molecule has 5 heteroatoms. The summed E-state index contributed by atoms with van der Waals surface area (Å²) in [5.74, 6) is -1.28. The molecule has 1 aliphatic rings. The second kappa shape index (κ2) is 4.87. The van der Waals surface area contributed by atoms with Crippen LogP contribution in [0.5, 0.6) is 0 Å². The number of nitrogens with zero attached hydrogens (tertiary/aromatic N) is 1. The first-order valence-corrected chi connectivity index (χ1v) is 5.58. The van der Waals surface area contributed by atoms with E-state index in [0.717, 1.165) is 0 Å². The van der Waals surface area contributed by atoms with Gasteiger partial charge in [0.2, 0.25) is 0 Å². The zero-order valence-electron chi connectivity index (χ0n) is 10.7. The van der Waals surface area contributed by atoms with Crippen LogP contribution in [0.1, 0.15) is 27.7 Å². The standard InChI is InChI=1S/C12H19NO4/c1-8(9(2)11(15)16)10(14)13-5-6-17-7-12(13,3)4/h5-7H2,1-4H3,(H,15,16). The number of hydrogen-bond donors (Lipinski definition) is 1. The maximum absolute atomic E-state index is 12.2. The van der Waals surface area contributed by atoms with Crippen LogP contribution in [0.15, 0.2) is 11.1 Å². The number of hydrogen-bond acceptors (Lipinski definition) is 3. The van der Waals surface area contributed by atoms with Crippen molar-refractivity contribution in [3.8, 4) is 0 Å². The van der Waals surface area contributed by atoms with E-state index in [0.29, 0.717) is 19.8 Å². The number of rotatable bonds is 2. The van der Waals surface area contributed by atoms with E-state index >= 15 is 0 Å². The van der Waals surface area contributed by atoms with Gasteiger partial charge in [-0.3, -0.25) is 4.79 Å². The normalized spacial score (nSPS) is 20.8. The van der Waals surface area contributed by atoms with Crippen molar-refractivity contribution in [1.29, 1.82) is 0 Å². The lowest BCUT2D eigenvalue weighted by Gasteiger charge is -2.42. The Bertz CT molecular complexity index is 371. The summed E-state index contributed by atoms with van der Waals surface area (Å²) < 4.78 is 5.33. The van der Waals surface area contributed by atoms with Crippen LogP contribution in [0.3, 0.4) is 0 Å². The average molecular weight is 241 g/mol. The quantitative estimate of drug-likeness (QED) is 0.734. The molecule has 0 aliphatic carbocycles. The molecule has 0 spiro atoms. The maximum atomic E-state index is 12.2. The van der Waals surface area contributed by atoms with E-state index in [1.165, 1.54) is 6.92 Å². The average Bonchev–Trinajstić information content (AvgIpc) is 2.25. The zero-order chi connectivity index (χ0) is 13.2. The van der Waals surface area contributed by atoms with Gasteiger partial charge in [-0.25, -0.2) is 4.79 Å². The Hall–Kier alpha value is -1.36. The third kappa shape index (κ3) is 2.85. The highest BCUT2D eigenvalue weighted by Gasteiger charge is 2.35. The topological polar surface area (TPSA) is 66.8 Å². The predicted molar refractivity (Wildman–Crippen MR) is 62.6 cm³/mol. The number of carbonyl (C=O) groups excluding carboxylic acids is 1. The van der Waals surface area contributed by atoms with Gasteiger partial charge in [0.25, 0.3) is 5.91 Å². The fourth-order valence-electron chi connectivity index (χ4n) is 1.76. The van der Waals surface area contributed by atoms with Crippen molar-refractivity contribution in [1.82, 2.24) is 4.90 Å². The Morgan fingerprint density at radius 1 is 1.24 bits per heavy atom. The first-order valence-electron chi connectivity index (χ1n) is 5.58. The number of aliphatic carboxylic acids is 1. The minimum absolute atomic E-state index is 0.0947. The molecule has 0 aromatic rings. The third-order valence-corrected chi connectivity index (χ3v) is 3.09. The summed E-state index contributed by atoms with van der Waals surface area (Å²) in [7, 11) is 0. The molecule has 1 fully saturated rings. The Kier molecular flexibility index (Phi) is 3.93. The Morgan fingerprint density at radius 3 is 2.29 bits per heavy atom. The van der Waals surface area contributed by atoms with Gasteiger partial charge >= 0.3 is 5.97 Å². The molecule has 0 radical (unpaired) electrons. The first-order chi connectivity index (χ1) is 7.77. The second-order valence-corrected chi connectivity index (χ2v) is 4.88. The van der Waals surface area contributed by atoms with Crippen LogP contribution in [0.4, 0.5) is 0 Å². The van der Waals surface area contributed by atoms with E-state index < -0.39 is 11.5 Å². The molecule has 1 saturated heterocycles. The van der Waals surface area contributed by atoms with Crippen molar-refractivity contribution >= 4 is 11.9 Å². The smallest absolute Gasteiger partial charge is 0.331 e. The minimum atomic E-state index is -1.05. The lowest BCUT2D eigenvalue weighted by molar-refractivity contribution is -0.142. The van der Waals surface area contributed by atoms with Crippen molar-refractivity contribution in [2.75, 3.05) is 19.8 Å². The number of carboxylic acids is 1. The van der Waals surface area contributed by atoms with Crippen molar-refractivity contribution in [3.63, 3.8) is 0 Å². The largest absolute Gasteiger partial charge is 0.478 e. The number of carboxylic acid groups (broad SMARTS) is 1. The zero-order valence-corrected chi connectivity index (χ0v) is 10.7. The van der Waals surface area contributed by atoms with E-state index in [2.05, 4.69) is 0 Å². The molecule has 0 atom stereocenters. The highest BCUT2D eigenvalue weighted by atomic mass is 16.5. The van der Waals surface area contributed by atoms with E-state index in [1.807, 2.05) is 13.8 Å². The molecule has 1 heterocycles. The van der Waals surface area contributed by atoms with Crippen LogP contribution < -0.4 is 0 Å². The number of ether oxygens (including phenoxy) is 1. The summed E-state index contributed by atoms with van der Waals surface area (Å²) >= 11 is 0. The predicted octanol–water partition coefficient (Wildman–Crippen LogP) is 1.04. The maximum Gasteiger partial charge on any atom is 0.331 e. The molecule has 96 valence electrons. The van der Waals surface area contributed by atoms with Gasteiger partial charge in [-0.1, -0.05) is 0 Å². The van der Waals surface area contributed by atoms with Gasteiger partial charge in [0, 0.05) is 17.7 Å². The summed E-state index contributed by atoms with van der Waals surface area (Å²) in [6.07, 6.45) is 0. The van der Waals surface area contributed by atoms with Crippen molar-refractivity contribution in [3.05, 3.63) is 11.1 Å².